The van der Waals surface area contributed by atoms with Gasteiger partial charge in [0.25, 0.3) is 7.42 Å². The average Bonchev–Trinajstić information content (AvgIpc) is 1.62. The van der Waals surface area contributed by atoms with Gasteiger partial charge in [-0.05, 0) is 5.41 Å². The van der Waals surface area contributed by atoms with Gasteiger partial charge < -0.3 is 0 Å². The van der Waals surface area contributed by atoms with Crippen molar-refractivity contribution in [3.05, 3.63) is 11.8 Å². The van der Waals surface area contributed by atoms with Crippen molar-refractivity contribution in [2.45, 2.75) is 20.8 Å². The van der Waals surface area contributed by atoms with Crippen LogP contribution >= 0.6 is 22.2 Å². The molecule has 0 spiro atoms. The lowest BCUT2D eigenvalue weighted by Crippen LogP contribution is -2.16. The van der Waals surface area contributed by atoms with Crippen LogP contribution in [0.25, 0.3) is 0 Å². The Hall–Kier alpha value is 0.537. The summed E-state index contributed by atoms with van der Waals surface area (Å²) in [5.74, 6) is 0. The van der Waals surface area contributed by atoms with E-state index < -0.39 is 7.42 Å². The minimum Gasteiger partial charge on any atom is -0.145 e. The first-order valence-electron chi connectivity index (χ1n) is 2.83. The molecule has 0 nitrogen and oxygen atoms in total. The minimum absolute atomic E-state index is 0.0837. The second-order valence-electron chi connectivity index (χ2n) is 3.08. The largest absolute Gasteiger partial charge is 0.262 e. The predicted octanol–water partition coefficient (Wildman–Crippen LogP) is 2.83. The lowest BCUT2D eigenvalue weighted by Gasteiger charge is -2.21. The van der Waals surface area contributed by atoms with E-state index in [1.54, 1.807) is 0 Å². The van der Waals surface area contributed by atoms with Crippen LogP contribution in [-0.2, 0) is 0 Å². The molecule has 0 fully saturated rings. The van der Waals surface area contributed by atoms with Crippen LogP contribution in [0.1, 0.15) is 20.8 Å². The van der Waals surface area contributed by atoms with Crippen molar-refractivity contribution in [1.29, 1.82) is 0 Å². The van der Waals surface area contributed by atoms with Crippen LogP contribution in [0.4, 0.5) is 0 Å². The molecule has 0 saturated heterocycles. The van der Waals surface area contributed by atoms with Crippen molar-refractivity contribution >= 4 is 29.6 Å². The quantitative estimate of drug-likeness (QED) is 0.433. The monoisotopic (exact) mass is 182 g/mol. The van der Waals surface area contributed by atoms with Crippen molar-refractivity contribution < 1.29 is 0 Å². The first-order chi connectivity index (χ1) is 3.85. The molecule has 0 unspecified atom stereocenters. The molecule has 3 heteroatoms. The molecule has 0 aromatic rings. The minimum atomic E-state index is -1.64. The molecule has 9 heavy (non-hydrogen) atoms. The highest BCUT2D eigenvalue weighted by Crippen LogP contribution is 2.28. The van der Waals surface area contributed by atoms with Crippen LogP contribution in [0.3, 0.4) is 0 Å². The van der Waals surface area contributed by atoms with Crippen molar-refractivity contribution in [3.63, 3.8) is 0 Å². The SMILES string of the molecule is C=C([SiH](Cl)Cl)C(C)(C)C. The van der Waals surface area contributed by atoms with Gasteiger partial charge in [0.1, 0.15) is 0 Å². The van der Waals surface area contributed by atoms with E-state index in [1.165, 1.54) is 0 Å². The van der Waals surface area contributed by atoms with Crippen LogP contribution in [0.2, 0.25) is 0 Å². The number of rotatable bonds is 1. The maximum absolute atomic E-state index is 5.72. The molecule has 0 rings (SSSR count). The highest BCUT2D eigenvalue weighted by atomic mass is 35.7. The Balaban J connectivity index is 4.06. The fourth-order valence-corrected chi connectivity index (χ4v) is 2.95. The second-order valence-corrected chi connectivity index (χ2v) is 7.66. The highest BCUT2D eigenvalue weighted by Gasteiger charge is 2.21. The molecule has 0 atom stereocenters. The molecule has 0 radical (unpaired) electrons. The maximum atomic E-state index is 5.72. The first kappa shape index (κ1) is 9.54. The van der Waals surface area contributed by atoms with E-state index in [0.29, 0.717) is 0 Å². The Morgan fingerprint density at radius 2 is 1.67 bits per heavy atom. The molecule has 0 aliphatic carbocycles. The van der Waals surface area contributed by atoms with E-state index >= 15 is 0 Å². The molecular formula is C6H12Cl2Si. The summed E-state index contributed by atoms with van der Waals surface area (Å²) in [7, 11) is -1.64. The fourth-order valence-electron chi connectivity index (χ4n) is 0.327. The number of hydrogen-bond donors (Lipinski definition) is 0. The van der Waals surface area contributed by atoms with E-state index in [9.17, 15) is 0 Å². The lowest BCUT2D eigenvalue weighted by atomic mass is 9.97. The van der Waals surface area contributed by atoms with Crippen LogP contribution in [0.5, 0.6) is 0 Å². The summed E-state index contributed by atoms with van der Waals surface area (Å²) in [6, 6.07) is 0. The number of hydrogen-bond acceptors (Lipinski definition) is 0. The summed E-state index contributed by atoms with van der Waals surface area (Å²) >= 11 is 11.4. The Morgan fingerprint density at radius 3 is 1.67 bits per heavy atom. The summed E-state index contributed by atoms with van der Waals surface area (Å²) in [4.78, 5) is 0. The van der Waals surface area contributed by atoms with Gasteiger partial charge in [-0.25, -0.2) is 0 Å². The summed E-state index contributed by atoms with van der Waals surface area (Å²) in [6.45, 7) is 10.0. The normalized spacial score (nSPS) is 12.2. The molecule has 0 bridgehead atoms. The topological polar surface area (TPSA) is 0 Å². The van der Waals surface area contributed by atoms with E-state index in [4.69, 9.17) is 22.2 Å². The summed E-state index contributed by atoms with van der Waals surface area (Å²) < 4.78 is 0. The molecule has 0 aromatic heterocycles. The zero-order chi connectivity index (χ0) is 7.65. The zero-order valence-electron chi connectivity index (χ0n) is 6.04. The third-order valence-corrected chi connectivity index (χ3v) is 4.20. The Morgan fingerprint density at radius 1 is 1.33 bits per heavy atom. The van der Waals surface area contributed by atoms with Crippen LogP contribution in [0.15, 0.2) is 11.8 Å². The molecule has 0 saturated carbocycles. The number of allylic oxidation sites excluding steroid dienone is 1. The van der Waals surface area contributed by atoms with Gasteiger partial charge in [-0.3, -0.25) is 0 Å². The van der Waals surface area contributed by atoms with E-state index in [2.05, 4.69) is 27.4 Å². The van der Waals surface area contributed by atoms with Crippen molar-refractivity contribution in [2.75, 3.05) is 0 Å². The molecular weight excluding hydrogens is 171 g/mol. The van der Waals surface area contributed by atoms with Gasteiger partial charge in [0, 0.05) is 0 Å². The summed E-state index contributed by atoms with van der Waals surface area (Å²) in [5, 5.41) is 1.01. The zero-order valence-corrected chi connectivity index (χ0v) is 8.71. The molecule has 0 amide bonds. The Labute approximate surface area is 67.9 Å². The predicted molar refractivity (Wildman–Crippen MR) is 47.5 cm³/mol. The summed E-state index contributed by atoms with van der Waals surface area (Å²) in [5.41, 5.74) is 0.0837. The maximum Gasteiger partial charge on any atom is 0.262 e. The van der Waals surface area contributed by atoms with Gasteiger partial charge in [-0.15, -0.1) is 28.7 Å². The van der Waals surface area contributed by atoms with Gasteiger partial charge in [0.2, 0.25) is 0 Å². The van der Waals surface area contributed by atoms with Crippen LogP contribution < -0.4 is 0 Å². The van der Waals surface area contributed by atoms with Crippen molar-refractivity contribution in [3.8, 4) is 0 Å². The third-order valence-electron chi connectivity index (χ3n) is 1.23. The van der Waals surface area contributed by atoms with Gasteiger partial charge >= 0.3 is 0 Å². The Kier molecular flexibility index (Phi) is 3.27. The highest BCUT2D eigenvalue weighted by molar-refractivity contribution is 7.37. The van der Waals surface area contributed by atoms with Crippen LogP contribution in [-0.4, -0.2) is 7.42 Å². The average molecular weight is 183 g/mol. The molecule has 0 aromatic carbocycles. The smallest absolute Gasteiger partial charge is 0.145 e. The van der Waals surface area contributed by atoms with Crippen molar-refractivity contribution in [2.24, 2.45) is 5.41 Å². The van der Waals surface area contributed by atoms with Crippen molar-refractivity contribution in [1.82, 2.24) is 0 Å². The van der Waals surface area contributed by atoms with Gasteiger partial charge in [0.15, 0.2) is 0 Å². The number of halogens is 2. The molecule has 0 aliphatic heterocycles. The molecule has 0 heterocycles. The second kappa shape index (κ2) is 3.09. The molecule has 54 valence electrons. The van der Waals surface area contributed by atoms with Gasteiger partial charge in [-0.1, -0.05) is 26.0 Å². The van der Waals surface area contributed by atoms with Crippen LogP contribution in [0, 0.1) is 5.41 Å². The van der Waals surface area contributed by atoms with E-state index in [1.807, 2.05) is 0 Å². The van der Waals surface area contributed by atoms with Gasteiger partial charge in [0.05, 0.1) is 0 Å². The van der Waals surface area contributed by atoms with Gasteiger partial charge in [-0.2, -0.15) is 0 Å². The third kappa shape index (κ3) is 3.29. The van der Waals surface area contributed by atoms with E-state index in [-0.39, 0.29) is 5.41 Å². The fraction of sp³-hybridized carbons (Fsp3) is 0.667. The summed E-state index contributed by atoms with van der Waals surface area (Å²) in [6.07, 6.45) is 0. The standard InChI is InChI=1S/C6H12Cl2Si/c1-5(9(7)8)6(2,3)4/h9H,1H2,2-4H3. The van der Waals surface area contributed by atoms with E-state index in [0.717, 1.165) is 5.20 Å². The molecule has 0 aliphatic rings. The first-order valence-corrected chi connectivity index (χ1v) is 6.90. The lowest BCUT2D eigenvalue weighted by molar-refractivity contribution is 0.531. The Bertz CT molecular complexity index is 113. The molecule has 0 N–H and O–H groups in total.